The standard InChI is InChI=1S/C19H23N3O3/c1-14(19(24)21-12-17-6-4-5-11-20-17)22(15(2)23)13-16-7-9-18(25-3)10-8-16/h4-11,14H,12-13H2,1-3H3,(H,21,24)/t14-/m1/s1. The number of ether oxygens (including phenoxy) is 1. The lowest BCUT2D eigenvalue weighted by molar-refractivity contribution is -0.139. The summed E-state index contributed by atoms with van der Waals surface area (Å²) >= 11 is 0. The predicted octanol–water partition coefficient (Wildman–Crippen LogP) is 2.14. The molecule has 1 N–H and O–H groups in total. The number of carbonyl (C=O) groups excluding carboxylic acids is 2. The molecule has 6 heteroatoms. The van der Waals surface area contributed by atoms with Gasteiger partial charge in [0.15, 0.2) is 0 Å². The third-order valence-corrected chi connectivity index (χ3v) is 3.93. The molecule has 0 aliphatic carbocycles. The molecule has 1 aromatic heterocycles. The number of hydrogen-bond donors (Lipinski definition) is 1. The van der Waals surface area contributed by atoms with E-state index in [0.29, 0.717) is 13.1 Å². The summed E-state index contributed by atoms with van der Waals surface area (Å²) in [6, 6.07) is 12.4. The SMILES string of the molecule is COc1ccc(CN(C(C)=O)[C@H](C)C(=O)NCc2ccccn2)cc1. The first-order valence-corrected chi connectivity index (χ1v) is 8.09. The second-order valence-electron chi connectivity index (χ2n) is 5.71. The fourth-order valence-electron chi connectivity index (χ4n) is 2.42. The number of benzene rings is 1. The average Bonchev–Trinajstić information content (AvgIpc) is 2.64. The van der Waals surface area contributed by atoms with Crippen LogP contribution in [-0.2, 0) is 22.7 Å². The third-order valence-electron chi connectivity index (χ3n) is 3.93. The molecule has 25 heavy (non-hydrogen) atoms. The Morgan fingerprint density at radius 2 is 1.92 bits per heavy atom. The van der Waals surface area contributed by atoms with Gasteiger partial charge in [0.25, 0.3) is 0 Å². The molecule has 0 aliphatic rings. The Balaban J connectivity index is 1.99. The van der Waals surface area contributed by atoms with Crippen LogP contribution >= 0.6 is 0 Å². The number of nitrogens with one attached hydrogen (secondary N) is 1. The van der Waals surface area contributed by atoms with Crippen molar-refractivity contribution in [3.05, 3.63) is 59.9 Å². The first-order valence-electron chi connectivity index (χ1n) is 8.09. The summed E-state index contributed by atoms with van der Waals surface area (Å²) in [5.41, 5.74) is 1.70. The van der Waals surface area contributed by atoms with E-state index in [-0.39, 0.29) is 11.8 Å². The summed E-state index contributed by atoms with van der Waals surface area (Å²) in [5.74, 6) is 0.380. The zero-order chi connectivity index (χ0) is 18.2. The summed E-state index contributed by atoms with van der Waals surface area (Å²) in [4.78, 5) is 30.1. The third kappa shape index (κ3) is 5.31. The number of pyridine rings is 1. The van der Waals surface area contributed by atoms with Gasteiger partial charge in [-0.1, -0.05) is 18.2 Å². The van der Waals surface area contributed by atoms with Gasteiger partial charge in [-0.25, -0.2) is 0 Å². The molecule has 0 aliphatic heterocycles. The van der Waals surface area contributed by atoms with E-state index in [1.807, 2.05) is 42.5 Å². The quantitative estimate of drug-likeness (QED) is 0.837. The lowest BCUT2D eigenvalue weighted by atomic mass is 10.1. The van der Waals surface area contributed by atoms with Gasteiger partial charge in [-0.3, -0.25) is 14.6 Å². The Labute approximate surface area is 147 Å². The first-order chi connectivity index (χ1) is 12.0. The maximum Gasteiger partial charge on any atom is 0.242 e. The molecular formula is C19H23N3O3. The van der Waals surface area contributed by atoms with E-state index in [1.165, 1.54) is 11.8 Å². The second-order valence-corrected chi connectivity index (χ2v) is 5.71. The minimum absolute atomic E-state index is 0.156. The number of rotatable bonds is 7. The molecule has 6 nitrogen and oxygen atoms in total. The van der Waals surface area contributed by atoms with Crippen LogP contribution in [0, 0.1) is 0 Å². The van der Waals surface area contributed by atoms with Gasteiger partial charge in [-0.2, -0.15) is 0 Å². The maximum absolute atomic E-state index is 12.4. The molecule has 0 fully saturated rings. The molecule has 0 saturated heterocycles. The molecule has 0 radical (unpaired) electrons. The van der Waals surface area contributed by atoms with E-state index in [0.717, 1.165) is 17.0 Å². The molecule has 2 aromatic rings. The van der Waals surface area contributed by atoms with E-state index in [1.54, 1.807) is 20.2 Å². The van der Waals surface area contributed by atoms with E-state index in [9.17, 15) is 9.59 Å². The second kappa shape index (κ2) is 8.82. The molecule has 0 unspecified atom stereocenters. The van der Waals surface area contributed by atoms with Crippen molar-refractivity contribution in [2.45, 2.75) is 33.0 Å². The Bertz CT molecular complexity index is 702. The number of amides is 2. The molecular weight excluding hydrogens is 318 g/mol. The summed E-state index contributed by atoms with van der Waals surface area (Å²) in [5, 5.41) is 2.82. The van der Waals surface area contributed by atoms with Crippen molar-refractivity contribution >= 4 is 11.8 Å². The van der Waals surface area contributed by atoms with Crippen molar-refractivity contribution in [1.29, 1.82) is 0 Å². The van der Waals surface area contributed by atoms with Gasteiger partial charge < -0.3 is 15.0 Å². The highest BCUT2D eigenvalue weighted by atomic mass is 16.5. The van der Waals surface area contributed by atoms with Gasteiger partial charge in [0.2, 0.25) is 11.8 Å². The molecule has 0 spiro atoms. The summed E-state index contributed by atoms with van der Waals surface area (Å²) < 4.78 is 5.13. The van der Waals surface area contributed by atoms with Gasteiger partial charge >= 0.3 is 0 Å². The number of aromatic nitrogens is 1. The van der Waals surface area contributed by atoms with Crippen molar-refractivity contribution in [3.63, 3.8) is 0 Å². The highest BCUT2D eigenvalue weighted by molar-refractivity contribution is 5.86. The topological polar surface area (TPSA) is 71.5 Å². The highest BCUT2D eigenvalue weighted by Crippen LogP contribution is 2.14. The van der Waals surface area contributed by atoms with Gasteiger partial charge in [-0.15, -0.1) is 0 Å². The lowest BCUT2D eigenvalue weighted by Crippen LogP contribution is -2.46. The largest absolute Gasteiger partial charge is 0.497 e. The molecule has 2 amide bonds. The minimum atomic E-state index is -0.580. The Morgan fingerprint density at radius 3 is 2.48 bits per heavy atom. The molecule has 2 rings (SSSR count). The fourth-order valence-corrected chi connectivity index (χ4v) is 2.42. The van der Waals surface area contributed by atoms with Crippen molar-refractivity contribution in [3.8, 4) is 5.75 Å². The number of nitrogens with zero attached hydrogens (tertiary/aromatic N) is 2. The molecule has 0 saturated carbocycles. The van der Waals surface area contributed by atoms with Crippen LogP contribution in [0.3, 0.4) is 0 Å². The summed E-state index contributed by atoms with van der Waals surface area (Å²) in [6.45, 7) is 3.88. The Morgan fingerprint density at radius 1 is 1.20 bits per heavy atom. The van der Waals surface area contributed by atoms with Crippen LogP contribution < -0.4 is 10.1 Å². The van der Waals surface area contributed by atoms with Crippen molar-refractivity contribution in [2.75, 3.05) is 7.11 Å². The first kappa shape index (κ1) is 18.4. The number of hydrogen-bond acceptors (Lipinski definition) is 4. The average molecular weight is 341 g/mol. The molecule has 1 aromatic carbocycles. The van der Waals surface area contributed by atoms with Crippen LogP contribution in [0.4, 0.5) is 0 Å². The van der Waals surface area contributed by atoms with Crippen LogP contribution in [0.2, 0.25) is 0 Å². The number of methoxy groups -OCH3 is 1. The summed E-state index contributed by atoms with van der Waals surface area (Å²) in [7, 11) is 1.60. The van der Waals surface area contributed by atoms with Crippen molar-refractivity contribution < 1.29 is 14.3 Å². The van der Waals surface area contributed by atoms with Gasteiger partial charge in [0.05, 0.1) is 19.3 Å². The van der Waals surface area contributed by atoms with E-state index in [2.05, 4.69) is 10.3 Å². The van der Waals surface area contributed by atoms with Gasteiger partial charge in [-0.05, 0) is 36.8 Å². The smallest absolute Gasteiger partial charge is 0.242 e. The van der Waals surface area contributed by atoms with Crippen molar-refractivity contribution in [1.82, 2.24) is 15.2 Å². The van der Waals surface area contributed by atoms with Crippen molar-refractivity contribution in [2.24, 2.45) is 0 Å². The summed E-state index contributed by atoms with van der Waals surface area (Å²) in [6.07, 6.45) is 1.68. The lowest BCUT2D eigenvalue weighted by Gasteiger charge is -2.27. The van der Waals surface area contributed by atoms with Crippen LogP contribution in [0.25, 0.3) is 0 Å². The maximum atomic E-state index is 12.4. The van der Waals surface area contributed by atoms with Gasteiger partial charge in [0.1, 0.15) is 11.8 Å². The zero-order valence-corrected chi connectivity index (χ0v) is 14.7. The monoisotopic (exact) mass is 341 g/mol. The van der Waals surface area contributed by atoms with Crippen LogP contribution in [0.1, 0.15) is 25.1 Å². The molecule has 1 heterocycles. The molecule has 0 bridgehead atoms. The fraction of sp³-hybridized carbons (Fsp3) is 0.316. The molecule has 1 atom stereocenters. The number of carbonyl (C=O) groups is 2. The van der Waals surface area contributed by atoms with Crippen LogP contribution in [-0.4, -0.2) is 34.8 Å². The normalized spacial score (nSPS) is 11.5. The van der Waals surface area contributed by atoms with E-state index in [4.69, 9.17) is 4.74 Å². The molecule has 132 valence electrons. The van der Waals surface area contributed by atoms with Crippen LogP contribution in [0.5, 0.6) is 5.75 Å². The zero-order valence-electron chi connectivity index (χ0n) is 14.7. The van der Waals surface area contributed by atoms with E-state index < -0.39 is 6.04 Å². The Hall–Kier alpha value is -2.89. The van der Waals surface area contributed by atoms with E-state index >= 15 is 0 Å². The highest BCUT2D eigenvalue weighted by Gasteiger charge is 2.23. The predicted molar refractivity (Wildman–Crippen MR) is 94.8 cm³/mol. The van der Waals surface area contributed by atoms with Crippen LogP contribution in [0.15, 0.2) is 48.7 Å². The Kier molecular flexibility index (Phi) is 6.51. The minimum Gasteiger partial charge on any atom is -0.497 e. The van der Waals surface area contributed by atoms with Gasteiger partial charge in [0, 0.05) is 19.7 Å².